The van der Waals surface area contributed by atoms with Crippen molar-refractivity contribution in [1.29, 1.82) is 0 Å². The highest BCUT2D eigenvalue weighted by Crippen LogP contribution is 2.25. The number of carbonyl (C=O) groups is 1. The lowest BCUT2D eigenvalue weighted by molar-refractivity contribution is -0.114. The second kappa shape index (κ2) is 6.60. The molecular formula is C15H18N4O2. The molecule has 0 unspecified atom stereocenters. The van der Waals surface area contributed by atoms with E-state index in [-0.39, 0.29) is 5.91 Å². The van der Waals surface area contributed by atoms with Crippen LogP contribution in [0.15, 0.2) is 36.4 Å². The van der Waals surface area contributed by atoms with Gasteiger partial charge in [-0.2, -0.15) is 4.98 Å². The zero-order valence-electron chi connectivity index (χ0n) is 12.0. The second-order valence-electron chi connectivity index (χ2n) is 4.41. The lowest BCUT2D eigenvalue weighted by atomic mass is 10.2. The van der Waals surface area contributed by atoms with E-state index in [9.17, 15) is 4.79 Å². The first-order valence-electron chi connectivity index (χ1n) is 6.62. The highest BCUT2D eigenvalue weighted by Gasteiger charge is 2.05. The maximum Gasteiger partial charge on any atom is 0.221 e. The number of rotatable bonds is 5. The van der Waals surface area contributed by atoms with E-state index in [1.165, 1.54) is 6.92 Å². The molecule has 2 rings (SSSR count). The van der Waals surface area contributed by atoms with Crippen LogP contribution in [0.2, 0.25) is 0 Å². The third kappa shape index (κ3) is 4.10. The van der Waals surface area contributed by atoms with Crippen molar-refractivity contribution in [3.05, 3.63) is 36.4 Å². The Morgan fingerprint density at radius 2 is 2.05 bits per heavy atom. The molecule has 0 spiro atoms. The molecule has 6 heteroatoms. The summed E-state index contributed by atoms with van der Waals surface area (Å²) in [6.07, 6.45) is 0. The first-order chi connectivity index (χ1) is 10.1. The number of amides is 1. The van der Waals surface area contributed by atoms with E-state index in [4.69, 9.17) is 10.5 Å². The van der Waals surface area contributed by atoms with Crippen LogP contribution < -0.4 is 21.1 Å². The Hall–Kier alpha value is -2.76. The topological polar surface area (TPSA) is 89.3 Å². The molecular weight excluding hydrogens is 268 g/mol. The molecule has 21 heavy (non-hydrogen) atoms. The maximum atomic E-state index is 11.1. The number of nitrogen functional groups attached to an aromatic ring is 1. The van der Waals surface area contributed by atoms with E-state index in [2.05, 4.69) is 15.6 Å². The summed E-state index contributed by atoms with van der Waals surface area (Å²) < 4.78 is 5.35. The van der Waals surface area contributed by atoms with E-state index >= 15 is 0 Å². The van der Waals surface area contributed by atoms with E-state index in [0.717, 1.165) is 5.69 Å². The van der Waals surface area contributed by atoms with Crippen LogP contribution >= 0.6 is 0 Å². The summed E-state index contributed by atoms with van der Waals surface area (Å²) in [5.74, 6) is 0.899. The lowest BCUT2D eigenvalue weighted by Gasteiger charge is -2.11. The number of pyridine rings is 1. The van der Waals surface area contributed by atoms with E-state index < -0.39 is 0 Å². The van der Waals surface area contributed by atoms with Gasteiger partial charge >= 0.3 is 0 Å². The van der Waals surface area contributed by atoms with Crippen molar-refractivity contribution >= 4 is 28.8 Å². The molecule has 4 N–H and O–H groups in total. The van der Waals surface area contributed by atoms with Gasteiger partial charge in [-0.3, -0.25) is 4.79 Å². The average Bonchev–Trinajstić information content (AvgIpc) is 2.42. The minimum absolute atomic E-state index is 0.122. The van der Waals surface area contributed by atoms with E-state index in [1.807, 2.05) is 19.1 Å². The molecule has 1 amide bonds. The monoisotopic (exact) mass is 286 g/mol. The van der Waals surface area contributed by atoms with Crippen LogP contribution in [0.25, 0.3) is 0 Å². The molecule has 1 aromatic carbocycles. The fourth-order valence-corrected chi connectivity index (χ4v) is 1.80. The third-order valence-corrected chi connectivity index (χ3v) is 2.64. The number of anilines is 4. The Morgan fingerprint density at radius 1 is 1.29 bits per heavy atom. The molecule has 6 nitrogen and oxygen atoms in total. The van der Waals surface area contributed by atoms with Gasteiger partial charge < -0.3 is 21.1 Å². The smallest absolute Gasteiger partial charge is 0.221 e. The molecule has 0 aliphatic rings. The molecule has 0 aliphatic heterocycles. The maximum absolute atomic E-state index is 11.1. The van der Waals surface area contributed by atoms with Crippen LogP contribution in [-0.2, 0) is 4.79 Å². The van der Waals surface area contributed by atoms with Crippen molar-refractivity contribution in [1.82, 2.24) is 4.98 Å². The van der Waals surface area contributed by atoms with Crippen LogP contribution in [0.5, 0.6) is 5.88 Å². The Balaban J connectivity index is 2.21. The minimum atomic E-state index is -0.122. The highest BCUT2D eigenvalue weighted by atomic mass is 16.5. The SMILES string of the molecule is CCOc1ccc(N)c(Nc2cccc(NC(C)=O)c2)n1. The number of aromatic nitrogens is 1. The molecule has 2 aromatic rings. The standard InChI is InChI=1S/C15H18N4O2/c1-3-21-14-8-7-13(16)15(19-14)18-12-6-4-5-11(9-12)17-10(2)20/h4-9H,3,16H2,1-2H3,(H,17,20)(H,18,19). The fourth-order valence-electron chi connectivity index (χ4n) is 1.80. The summed E-state index contributed by atoms with van der Waals surface area (Å²) in [5, 5.41) is 5.84. The van der Waals surface area contributed by atoms with Crippen LogP contribution in [0.1, 0.15) is 13.8 Å². The number of hydrogen-bond acceptors (Lipinski definition) is 5. The molecule has 110 valence electrons. The van der Waals surface area contributed by atoms with Crippen molar-refractivity contribution in [2.75, 3.05) is 23.0 Å². The summed E-state index contributed by atoms with van der Waals surface area (Å²) in [6, 6.07) is 10.8. The van der Waals surface area contributed by atoms with Gasteiger partial charge in [0.2, 0.25) is 11.8 Å². The second-order valence-corrected chi connectivity index (χ2v) is 4.41. The summed E-state index contributed by atoms with van der Waals surface area (Å²) >= 11 is 0. The first-order valence-corrected chi connectivity index (χ1v) is 6.62. The van der Waals surface area contributed by atoms with Crippen molar-refractivity contribution in [2.24, 2.45) is 0 Å². The minimum Gasteiger partial charge on any atom is -0.478 e. The number of benzene rings is 1. The van der Waals surface area contributed by atoms with Crippen molar-refractivity contribution in [2.45, 2.75) is 13.8 Å². The van der Waals surface area contributed by atoms with Gasteiger partial charge in [-0.15, -0.1) is 0 Å². The van der Waals surface area contributed by atoms with Crippen LogP contribution in [0, 0.1) is 0 Å². The van der Waals surface area contributed by atoms with Gasteiger partial charge in [-0.25, -0.2) is 0 Å². The number of nitrogens with one attached hydrogen (secondary N) is 2. The van der Waals surface area contributed by atoms with E-state index in [1.54, 1.807) is 24.3 Å². The Labute approximate surface area is 123 Å². The third-order valence-electron chi connectivity index (χ3n) is 2.64. The normalized spacial score (nSPS) is 10.0. The first kappa shape index (κ1) is 14.6. The Kier molecular flexibility index (Phi) is 4.61. The highest BCUT2D eigenvalue weighted by molar-refractivity contribution is 5.89. The lowest BCUT2D eigenvalue weighted by Crippen LogP contribution is -2.06. The summed E-state index contributed by atoms with van der Waals surface area (Å²) in [5.41, 5.74) is 7.89. The van der Waals surface area contributed by atoms with Gasteiger partial charge in [0.05, 0.1) is 12.3 Å². The zero-order valence-corrected chi connectivity index (χ0v) is 12.0. The van der Waals surface area contributed by atoms with Crippen LogP contribution in [0.4, 0.5) is 22.9 Å². The van der Waals surface area contributed by atoms with Gasteiger partial charge in [0, 0.05) is 24.4 Å². The molecule has 1 aromatic heterocycles. The molecule has 0 saturated heterocycles. The number of carbonyl (C=O) groups excluding carboxylic acids is 1. The zero-order chi connectivity index (χ0) is 15.2. The quantitative estimate of drug-likeness (QED) is 0.786. The van der Waals surface area contributed by atoms with Crippen molar-refractivity contribution in [3.8, 4) is 5.88 Å². The molecule has 0 aliphatic carbocycles. The Morgan fingerprint density at radius 3 is 2.76 bits per heavy atom. The predicted octanol–water partition coefficient (Wildman–Crippen LogP) is 2.76. The molecule has 0 fully saturated rings. The van der Waals surface area contributed by atoms with Gasteiger partial charge in [0.15, 0.2) is 5.82 Å². The molecule has 0 radical (unpaired) electrons. The number of ether oxygens (including phenoxy) is 1. The van der Waals surface area contributed by atoms with E-state index in [0.29, 0.717) is 29.7 Å². The van der Waals surface area contributed by atoms with Crippen molar-refractivity contribution < 1.29 is 9.53 Å². The predicted molar refractivity (Wildman–Crippen MR) is 83.8 cm³/mol. The number of hydrogen-bond donors (Lipinski definition) is 3. The summed E-state index contributed by atoms with van der Waals surface area (Å²) in [7, 11) is 0. The van der Waals surface area contributed by atoms with Crippen LogP contribution in [0.3, 0.4) is 0 Å². The molecule has 0 saturated carbocycles. The van der Waals surface area contributed by atoms with Gasteiger partial charge in [0.1, 0.15) is 0 Å². The van der Waals surface area contributed by atoms with Crippen LogP contribution in [-0.4, -0.2) is 17.5 Å². The summed E-state index contributed by atoms with van der Waals surface area (Å²) in [4.78, 5) is 15.4. The molecule has 0 bridgehead atoms. The molecule has 1 heterocycles. The van der Waals surface area contributed by atoms with Gasteiger partial charge in [-0.1, -0.05) is 6.07 Å². The summed E-state index contributed by atoms with van der Waals surface area (Å²) in [6.45, 7) is 3.89. The van der Waals surface area contributed by atoms with Gasteiger partial charge in [-0.05, 0) is 31.2 Å². The Bertz CT molecular complexity index is 643. The number of nitrogens with two attached hydrogens (primary N) is 1. The van der Waals surface area contributed by atoms with Crippen molar-refractivity contribution in [3.63, 3.8) is 0 Å². The molecule has 0 atom stereocenters. The largest absolute Gasteiger partial charge is 0.478 e. The average molecular weight is 286 g/mol. The van der Waals surface area contributed by atoms with Gasteiger partial charge in [0.25, 0.3) is 0 Å². The fraction of sp³-hybridized carbons (Fsp3) is 0.200. The number of nitrogens with zero attached hydrogens (tertiary/aromatic N) is 1.